The minimum Gasteiger partial charge on any atom is -0.394 e. The predicted octanol–water partition coefficient (Wildman–Crippen LogP) is 3.24. The van der Waals surface area contributed by atoms with Gasteiger partial charge in [0.1, 0.15) is 0 Å². The highest BCUT2D eigenvalue weighted by atomic mass is 28.4. The monoisotopic (exact) mass is 293 g/mol. The molecule has 3 nitrogen and oxygen atoms in total. The summed E-state index contributed by atoms with van der Waals surface area (Å²) in [7, 11) is -2.14. The number of benzene rings is 1. The smallest absolute Gasteiger partial charge is 0.352 e. The van der Waals surface area contributed by atoms with Crippen LogP contribution in [0.5, 0.6) is 0 Å². The number of rotatable bonds is 9. The molecule has 112 valence electrons. The zero-order chi connectivity index (χ0) is 14.4. The lowest BCUT2D eigenvalue weighted by molar-refractivity contribution is 0.170. The van der Waals surface area contributed by atoms with Crippen LogP contribution in [0.3, 0.4) is 0 Å². The molecule has 1 saturated carbocycles. The summed E-state index contributed by atoms with van der Waals surface area (Å²) >= 11 is 0. The van der Waals surface area contributed by atoms with Crippen molar-refractivity contribution in [3.8, 4) is 0 Å². The van der Waals surface area contributed by atoms with Crippen LogP contribution >= 0.6 is 0 Å². The summed E-state index contributed by atoms with van der Waals surface area (Å²) in [6.45, 7) is 8.69. The Kier molecular flexibility index (Phi) is 5.78. The molecular formula is C16H27NO2Si. The number of nitrogens with one attached hydrogen (secondary N) is 1. The van der Waals surface area contributed by atoms with Crippen molar-refractivity contribution >= 4 is 8.56 Å². The van der Waals surface area contributed by atoms with Gasteiger partial charge in [0, 0.05) is 19.8 Å². The van der Waals surface area contributed by atoms with Crippen molar-refractivity contribution in [2.75, 3.05) is 13.2 Å². The first kappa shape index (κ1) is 15.7. The molecule has 1 aliphatic rings. The minimum atomic E-state index is -2.14. The molecule has 0 amide bonds. The highest BCUT2D eigenvalue weighted by molar-refractivity contribution is 6.67. The van der Waals surface area contributed by atoms with E-state index in [1.54, 1.807) is 0 Å². The second-order valence-corrected chi connectivity index (χ2v) is 8.79. The van der Waals surface area contributed by atoms with Gasteiger partial charge in [-0.2, -0.15) is 0 Å². The van der Waals surface area contributed by atoms with Crippen molar-refractivity contribution in [1.82, 2.24) is 5.32 Å². The Labute approximate surface area is 123 Å². The Hall–Kier alpha value is -0.683. The van der Waals surface area contributed by atoms with E-state index < -0.39 is 8.56 Å². The van der Waals surface area contributed by atoms with Gasteiger partial charge in [-0.25, -0.2) is 0 Å². The standard InChI is InChI=1S/C16H27NO2Si/c1-4-18-20(3,19-5-2)16(15-11-12-15)17-13-14-9-7-6-8-10-14/h6-10,15-17H,4-5,11-13H2,1-3H3. The predicted molar refractivity (Wildman–Crippen MR) is 84.7 cm³/mol. The first-order valence-electron chi connectivity index (χ1n) is 7.74. The van der Waals surface area contributed by atoms with Gasteiger partial charge in [0.15, 0.2) is 0 Å². The topological polar surface area (TPSA) is 30.5 Å². The van der Waals surface area contributed by atoms with E-state index >= 15 is 0 Å². The van der Waals surface area contributed by atoms with Crippen LogP contribution in [0.4, 0.5) is 0 Å². The molecule has 0 aromatic heterocycles. The summed E-state index contributed by atoms with van der Waals surface area (Å²) in [6, 6.07) is 10.6. The van der Waals surface area contributed by atoms with E-state index in [2.05, 4.69) is 56.0 Å². The molecule has 0 radical (unpaired) electrons. The third-order valence-electron chi connectivity index (χ3n) is 3.89. The lowest BCUT2D eigenvalue weighted by Crippen LogP contribution is -2.58. The van der Waals surface area contributed by atoms with E-state index in [4.69, 9.17) is 8.85 Å². The van der Waals surface area contributed by atoms with Crippen LogP contribution in [-0.2, 0) is 15.4 Å². The van der Waals surface area contributed by atoms with Crippen molar-refractivity contribution < 1.29 is 8.85 Å². The maximum absolute atomic E-state index is 6.08. The second kappa shape index (κ2) is 7.36. The lowest BCUT2D eigenvalue weighted by atomic mass is 10.2. The molecule has 1 aliphatic carbocycles. The Morgan fingerprint density at radius 3 is 2.25 bits per heavy atom. The third-order valence-corrected chi connectivity index (χ3v) is 7.42. The summed E-state index contributed by atoms with van der Waals surface area (Å²) in [6.07, 6.45) is 2.60. The molecule has 0 aliphatic heterocycles. The van der Waals surface area contributed by atoms with Gasteiger partial charge in [0.25, 0.3) is 0 Å². The van der Waals surface area contributed by atoms with Crippen molar-refractivity contribution in [1.29, 1.82) is 0 Å². The van der Waals surface area contributed by atoms with Crippen LogP contribution < -0.4 is 5.32 Å². The van der Waals surface area contributed by atoms with Crippen LogP contribution in [0.25, 0.3) is 0 Å². The fraction of sp³-hybridized carbons (Fsp3) is 0.625. The average Bonchev–Trinajstić information content (AvgIpc) is 3.25. The van der Waals surface area contributed by atoms with Crippen molar-refractivity contribution in [3.05, 3.63) is 35.9 Å². The molecule has 0 bridgehead atoms. The summed E-state index contributed by atoms with van der Waals surface area (Å²) in [5.74, 6) is 0.730. The van der Waals surface area contributed by atoms with Crippen LogP contribution in [-0.4, -0.2) is 27.4 Å². The fourth-order valence-corrected chi connectivity index (χ4v) is 6.08. The Morgan fingerprint density at radius 1 is 1.15 bits per heavy atom. The summed E-state index contributed by atoms with van der Waals surface area (Å²) in [5.41, 5.74) is 1.71. The van der Waals surface area contributed by atoms with Crippen LogP contribution in [0.15, 0.2) is 30.3 Å². The molecule has 0 saturated heterocycles. The summed E-state index contributed by atoms with van der Waals surface area (Å²) in [4.78, 5) is 0. The summed E-state index contributed by atoms with van der Waals surface area (Å²) in [5, 5.41) is 3.72. The Balaban J connectivity index is 2.01. The zero-order valence-corrected chi connectivity index (χ0v) is 13.9. The molecule has 0 spiro atoms. The van der Waals surface area contributed by atoms with E-state index in [1.165, 1.54) is 18.4 Å². The molecule has 1 atom stereocenters. The van der Waals surface area contributed by atoms with Gasteiger partial charge in [-0.15, -0.1) is 0 Å². The van der Waals surface area contributed by atoms with E-state index in [9.17, 15) is 0 Å². The van der Waals surface area contributed by atoms with Crippen LogP contribution in [0.2, 0.25) is 6.55 Å². The molecule has 4 heteroatoms. The maximum atomic E-state index is 6.08. The Bertz CT molecular complexity index is 389. The first-order valence-corrected chi connectivity index (χ1v) is 10.1. The largest absolute Gasteiger partial charge is 0.394 e. The van der Waals surface area contributed by atoms with Crippen molar-refractivity contribution in [2.24, 2.45) is 5.92 Å². The first-order chi connectivity index (χ1) is 9.69. The zero-order valence-electron chi connectivity index (χ0n) is 12.9. The normalized spacial score (nSPS) is 17.1. The molecule has 1 unspecified atom stereocenters. The van der Waals surface area contributed by atoms with Crippen LogP contribution in [0, 0.1) is 5.92 Å². The quantitative estimate of drug-likeness (QED) is 0.709. The SMILES string of the molecule is CCO[Si](C)(OCC)C(NCc1ccccc1)C1CC1. The molecule has 2 rings (SSSR count). The van der Waals surface area contributed by atoms with Crippen molar-refractivity contribution in [2.45, 2.75) is 45.4 Å². The molecule has 0 heterocycles. The lowest BCUT2D eigenvalue weighted by Gasteiger charge is -2.35. The molecule has 1 fully saturated rings. The van der Waals surface area contributed by atoms with Gasteiger partial charge in [-0.05, 0) is 44.7 Å². The van der Waals surface area contributed by atoms with Gasteiger partial charge < -0.3 is 14.2 Å². The third kappa shape index (κ3) is 4.15. The fourth-order valence-electron chi connectivity index (χ4n) is 2.83. The average molecular weight is 293 g/mol. The number of hydrogen-bond donors (Lipinski definition) is 1. The van der Waals surface area contributed by atoms with E-state index in [0.29, 0.717) is 5.67 Å². The van der Waals surface area contributed by atoms with Gasteiger partial charge in [0.05, 0.1) is 5.67 Å². The Morgan fingerprint density at radius 2 is 1.75 bits per heavy atom. The van der Waals surface area contributed by atoms with E-state index in [1.807, 2.05) is 0 Å². The maximum Gasteiger partial charge on any atom is 0.352 e. The van der Waals surface area contributed by atoms with Gasteiger partial charge in [-0.1, -0.05) is 30.3 Å². The number of hydrogen-bond acceptors (Lipinski definition) is 3. The minimum absolute atomic E-state index is 0.391. The highest BCUT2D eigenvalue weighted by Gasteiger charge is 2.48. The summed E-state index contributed by atoms with van der Waals surface area (Å²) < 4.78 is 12.2. The molecule has 20 heavy (non-hydrogen) atoms. The molecular weight excluding hydrogens is 266 g/mol. The molecule has 1 aromatic rings. The van der Waals surface area contributed by atoms with E-state index in [-0.39, 0.29) is 0 Å². The van der Waals surface area contributed by atoms with Crippen molar-refractivity contribution in [3.63, 3.8) is 0 Å². The van der Waals surface area contributed by atoms with Gasteiger partial charge in [-0.3, -0.25) is 0 Å². The highest BCUT2D eigenvalue weighted by Crippen LogP contribution is 2.37. The second-order valence-electron chi connectivity index (χ2n) is 5.56. The van der Waals surface area contributed by atoms with Gasteiger partial charge >= 0.3 is 8.56 Å². The molecule has 1 N–H and O–H groups in total. The van der Waals surface area contributed by atoms with Gasteiger partial charge in [0.2, 0.25) is 0 Å². The van der Waals surface area contributed by atoms with Crippen LogP contribution in [0.1, 0.15) is 32.3 Å². The van der Waals surface area contributed by atoms with E-state index in [0.717, 1.165) is 25.7 Å². The molecule has 1 aromatic carbocycles.